The predicted molar refractivity (Wildman–Crippen MR) is 68.2 cm³/mol. The van der Waals surface area contributed by atoms with Gasteiger partial charge in [0.1, 0.15) is 6.04 Å². The van der Waals surface area contributed by atoms with Crippen molar-refractivity contribution in [1.82, 2.24) is 4.98 Å². The minimum absolute atomic E-state index is 0.113. The van der Waals surface area contributed by atoms with Crippen molar-refractivity contribution in [3.8, 4) is 0 Å². The zero-order valence-electron chi connectivity index (χ0n) is 10.9. The molecule has 0 amide bonds. The van der Waals surface area contributed by atoms with Crippen molar-refractivity contribution in [2.45, 2.75) is 31.7 Å². The standard InChI is InChI=1S/C14H20N2O2/c1-18-14(17)7-10-16-9-3-2-6-13(16)12-5-4-8-15-11-12/h4-5,8,11,13H,2-3,6-7,9-10H2,1H3/p+1/t13-/m1/s1. The molecule has 0 radical (unpaired) electrons. The summed E-state index contributed by atoms with van der Waals surface area (Å²) in [6, 6.07) is 4.61. The van der Waals surface area contributed by atoms with E-state index >= 15 is 0 Å². The third kappa shape index (κ3) is 3.29. The van der Waals surface area contributed by atoms with E-state index in [0.29, 0.717) is 12.5 Å². The molecule has 1 aromatic rings. The molecular formula is C14H21N2O2+. The molecule has 0 spiro atoms. The summed E-state index contributed by atoms with van der Waals surface area (Å²) in [5.41, 5.74) is 1.29. The summed E-state index contributed by atoms with van der Waals surface area (Å²) in [6.07, 6.45) is 7.95. The van der Waals surface area contributed by atoms with Gasteiger partial charge in [0.2, 0.25) is 0 Å². The molecule has 0 aliphatic carbocycles. The highest BCUT2D eigenvalue weighted by Crippen LogP contribution is 2.18. The van der Waals surface area contributed by atoms with Gasteiger partial charge in [0.15, 0.2) is 0 Å². The lowest BCUT2D eigenvalue weighted by molar-refractivity contribution is -0.936. The molecule has 1 aromatic heterocycles. The van der Waals surface area contributed by atoms with Crippen LogP contribution >= 0.6 is 0 Å². The first kappa shape index (κ1) is 13.0. The molecule has 2 atom stereocenters. The highest BCUT2D eigenvalue weighted by atomic mass is 16.5. The van der Waals surface area contributed by atoms with E-state index in [2.05, 4.69) is 11.1 Å². The topological polar surface area (TPSA) is 43.6 Å². The van der Waals surface area contributed by atoms with Gasteiger partial charge in [-0.15, -0.1) is 0 Å². The van der Waals surface area contributed by atoms with Crippen molar-refractivity contribution in [2.75, 3.05) is 20.2 Å². The molecule has 4 heteroatoms. The molecule has 2 rings (SSSR count). The molecule has 1 fully saturated rings. The van der Waals surface area contributed by atoms with Crippen molar-refractivity contribution in [1.29, 1.82) is 0 Å². The summed E-state index contributed by atoms with van der Waals surface area (Å²) >= 11 is 0. The van der Waals surface area contributed by atoms with E-state index in [0.717, 1.165) is 13.1 Å². The minimum Gasteiger partial charge on any atom is -0.469 e. The highest BCUT2D eigenvalue weighted by Gasteiger charge is 2.27. The summed E-state index contributed by atoms with van der Waals surface area (Å²) in [5, 5.41) is 0. The first-order chi connectivity index (χ1) is 8.81. The number of pyridine rings is 1. The van der Waals surface area contributed by atoms with Gasteiger partial charge in [-0.05, 0) is 18.9 Å². The van der Waals surface area contributed by atoms with Crippen molar-refractivity contribution >= 4 is 5.97 Å². The second-order valence-corrected chi connectivity index (χ2v) is 4.82. The van der Waals surface area contributed by atoms with Gasteiger partial charge in [0.25, 0.3) is 0 Å². The first-order valence-corrected chi connectivity index (χ1v) is 6.62. The van der Waals surface area contributed by atoms with Gasteiger partial charge in [-0.3, -0.25) is 9.78 Å². The fourth-order valence-electron chi connectivity index (χ4n) is 2.73. The normalized spacial score (nSPS) is 23.6. The maximum Gasteiger partial charge on any atom is 0.311 e. The largest absolute Gasteiger partial charge is 0.469 e. The van der Waals surface area contributed by atoms with Crippen LogP contribution in [0.1, 0.15) is 37.3 Å². The Balaban J connectivity index is 2.00. The lowest BCUT2D eigenvalue weighted by Gasteiger charge is -2.32. The van der Waals surface area contributed by atoms with Gasteiger partial charge in [0, 0.05) is 24.4 Å². The van der Waals surface area contributed by atoms with Crippen molar-refractivity contribution < 1.29 is 14.4 Å². The van der Waals surface area contributed by atoms with Crippen LogP contribution in [0.4, 0.5) is 0 Å². The molecule has 1 saturated heterocycles. The zero-order chi connectivity index (χ0) is 12.8. The van der Waals surface area contributed by atoms with Crippen LogP contribution in [0, 0.1) is 0 Å². The molecule has 1 unspecified atom stereocenters. The Morgan fingerprint density at radius 2 is 2.44 bits per heavy atom. The highest BCUT2D eigenvalue weighted by molar-refractivity contribution is 5.69. The van der Waals surface area contributed by atoms with Crippen LogP contribution in [-0.4, -0.2) is 31.2 Å². The number of nitrogens with zero attached hydrogens (tertiary/aromatic N) is 1. The molecule has 1 aliphatic heterocycles. The molecule has 18 heavy (non-hydrogen) atoms. The first-order valence-electron chi connectivity index (χ1n) is 6.62. The third-order valence-corrected chi connectivity index (χ3v) is 3.70. The average molecular weight is 249 g/mol. The number of methoxy groups -OCH3 is 1. The number of ether oxygens (including phenoxy) is 1. The fraction of sp³-hybridized carbons (Fsp3) is 0.571. The molecule has 4 nitrogen and oxygen atoms in total. The number of rotatable bonds is 4. The van der Waals surface area contributed by atoms with Gasteiger partial charge in [-0.2, -0.15) is 0 Å². The molecule has 0 saturated carbocycles. The lowest BCUT2D eigenvalue weighted by atomic mass is 9.96. The van der Waals surface area contributed by atoms with E-state index in [4.69, 9.17) is 4.74 Å². The van der Waals surface area contributed by atoms with E-state index < -0.39 is 0 Å². The van der Waals surface area contributed by atoms with Crippen molar-refractivity contribution in [2.24, 2.45) is 0 Å². The number of carbonyl (C=O) groups is 1. The van der Waals surface area contributed by atoms with Crippen LogP contribution in [0.15, 0.2) is 24.5 Å². The van der Waals surface area contributed by atoms with Crippen LogP contribution in [-0.2, 0) is 9.53 Å². The van der Waals surface area contributed by atoms with Gasteiger partial charge in [-0.25, -0.2) is 0 Å². The summed E-state index contributed by atoms with van der Waals surface area (Å²) in [4.78, 5) is 16.9. The van der Waals surface area contributed by atoms with E-state index in [9.17, 15) is 4.79 Å². The number of hydrogen-bond donors (Lipinski definition) is 1. The Bertz CT molecular complexity index is 381. The number of nitrogens with one attached hydrogen (secondary N) is 1. The average Bonchev–Trinajstić information content (AvgIpc) is 2.46. The smallest absolute Gasteiger partial charge is 0.311 e. The summed E-state index contributed by atoms with van der Waals surface area (Å²) in [7, 11) is 1.45. The van der Waals surface area contributed by atoms with Crippen LogP contribution in [0.2, 0.25) is 0 Å². The Morgan fingerprint density at radius 3 is 3.17 bits per heavy atom. The third-order valence-electron chi connectivity index (χ3n) is 3.70. The van der Waals surface area contributed by atoms with E-state index in [-0.39, 0.29) is 5.97 Å². The minimum atomic E-state index is -0.113. The van der Waals surface area contributed by atoms with Gasteiger partial charge in [0.05, 0.1) is 26.6 Å². The number of carbonyl (C=O) groups excluding carboxylic acids is 1. The molecule has 98 valence electrons. The van der Waals surface area contributed by atoms with Crippen LogP contribution in [0.25, 0.3) is 0 Å². The van der Waals surface area contributed by atoms with E-state index in [1.165, 1.54) is 36.8 Å². The summed E-state index contributed by atoms with van der Waals surface area (Å²) in [6.45, 7) is 1.99. The number of aromatic nitrogens is 1. The SMILES string of the molecule is COC(=O)CC[NH+]1CCCC[C@@H]1c1cccnc1. The quantitative estimate of drug-likeness (QED) is 0.801. The predicted octanol–water partition coefficient (Wildman–Crippen LogP) is 0.755. The molecule has 0 bridgehead atoms. The number of esters is 1. The molecule has 0 aromatic carbocycles. The van der Waals surface area contributed by atoms with Gasteiger partial charge >= 0.3 is 5.97 Å². The Kier molecular flexibility index (Phi) is 4.70. The molecule has 2 heterocycles. The van der Waals surface area contributed by atoms with Crippen molar-refractivity contribution in [3.05, 3.63) is 30.1 Å². The maximum atomic E-state index is 11.2. The molecule has 1 N–H and O–H groups in total. The fourth-order valence-corrected chi connectivity index (χ4v) is 2.73. The van der Waals surface area contributed by atoms with Crippen molar-refractivity contribution in [3.63, 3.8) is 0 Å². The Hall–Kier alpha value is -1.42. The van der Waals surface area contributed by atoms with Gasteiger partial charge in [-0.1, -0.05) is 6.07 Å². The number of likely N-dealkylation sites (tertiary alicyclic amines) is 1. The maximum absolute atomic E-state index is 11.2. The number of quaternary nitrogens is 1. The summed E-state index contributed by atoms with van der Waals surface area (Å²) in [5.74, 6) is -0.113. The van der Waals surface area contributed by atoms with Crippen LogP contribution in [0.5, 0.6) is 0 Å². The van der Waals surface area contributed by atoms with Gasteiger partial charge < -0.3 is 9.64 Å². The van der Waals surface area contributed by atoms with Crippen LogP contribution in [0.3, 0.4) is 0 Å². The second-order valence-electron chi connectivity index (χ2n) is 4.82. The Labute approximate surface area is 108 Å². The van der Waals surface area contributed by atoms with E-state index in [1.54, 1.807) is 6.20 Å². The zero-order valence-corrected chi connectivity index (χ0v) is 10.9. The Morgan fingerprint density at radius 1 is 1.56 bits per heavy atom. The number of hydrogen-bond acceptors (Lipinski definition) is 3. The van der Waals surface area contributed by atoms with E-state index in [1.807, 2.05) is 12.3 Å². The summed E-state index contributed by atoms with van der Waals surface area (Å²) < 4.78 is 4.72. The van der Waals surface area contributed by atoms with Crippen LogP contribution < -0.4 is 4.90 Å². The monoisotopic (exact) mass is 249 g/mol. The molecule has 1 aliphatic rings. The number of piperidine rings is 1. The molecular weight excluding hydrogens is 228 g/mol. The lowest BCUT2D eigenvalue weighted by Crippen LogP contribution is -3.13. The second kappa shape index (κ2) is 6.50.